The van der Waals surface area contributed by atoms with E-state index in [-0.39, 0.29) is 24.4 Å². The van der Waals surface area contributed by atoms with E-state index in [2.05, 4.69) is 24.5 Å². The summed E-state index contributed by atoms with van der Waals surface area (Å²) in [5.74, 6) is -0.336. The van der Waals surface area contributed by atoms with Crippen molar-refractivity contribution in [3.8, 4) is 0 Å². The lowest BCUT2D eigenvalue weighted by atomic mass is 9.85. The number of rotatable bonds is 10. The molecule has 2 N–H and O–H groups in total. The quantitative estimate of drug-likeness (QED) is 0.538. The molecule has 2 aromatic rings. The molecule has 1 aliphatic rings. The van der Waals surface area contributed by atoms with E-state index in [1.807, 2.05) is 67.6 Å². The van der Waals surface area contributed by atoms with Crippen LogP contribution in [0.15, 0.2) is 60.7 Å². The van der Waals surface area contributed by atoms with Crippen LogP contribution in [0.4, 0.5) is 4.79 Å². The number of unbranched alkanes of at least 4 members (excludes halogenated alkanes) is 1. The Morgan fingerprint density at radius 3 is 2.25 bits per heavy atom. The van der Waals surface area contributed by atoms with E-state index in [0.717, 1.165) is 35.3 Å². The van der Waals surface area contributed by atoms with Crippen LogP contribution in [0, 0.1) is 5.92 Å². The summed E-state index contributed by atoms with van der Waals surface area (Å²) >= 11 is 0. The van der Waals surface area contributed by atoms with E-state index in [1.165, 1.54) is 0 Å². The molecule has 1 saturated heterocycles. The SMILES string of the molecule is CCCCC1(c2ccccc2)NC(=O)N(CC(=O)NC(CC(C)C)c2ccccc2)C1=O. The second-order valence-electron chi connectivity index (χ2n) is 8.86. The Balaban J connectivity index is 1.78. The van der Waals surface area contributed by atoms with Crippen molar-refractivity contribution in [2.45, 2.75) is 58.0 Å². The van der Waals surface area contributed by atoms with Gasteiger partial charge in [-0.15, -0.1) is 0 Å². The van der Waals surface area contributed by atoms with Crippen LogP contribution in [0.1, 0.15) is 63.6 Å². The van der Waals surface area contributed by atoms with Crippen molar-refractivity contribution >= 4 is 17.8 Å². The van der Waals surface area contributed by atoms with Gasteiger partial charge in [0, 0.05) is 0 Å². The van der Waals surface area contributed by atoms with Crippen LogP contribution < -0.4 is 10.6 Å². The molecule has 0 spiro atoms. The van der Waals surface area contributed by atoms with E-state index >= 15 is 0 Å². The monoisotopic (exact) mass is 435 g/mol. The maximum atomic E-state index is 13.5. The summed E-state index contributed by atoms with van der Waals surface area (Å²) in [5.41, 5.74) is 0.635. The molecule has 1 fully saturated rings. The average Bonchev–Trinajstić information content (AvgIpc) is 3.03. The van der Waals surface area contributed by atoms with Crippen molar-refractivity contribution < 1.29 is 14.4 Å². The Kier molecular flexibility index (Phi) is 7.67. The Labute approximate surface area is 190 Å². The molecular weight excluding hydrogens is 402 g/mol. The lowest BCUT2D eigenvalue weighted by Crippen LogP contribution is -2.45. The molecule has 0 aromatic heterocycles. The fourth-order valence-corrected chi connectivity index (χ4v) is 4.26. The van der Waals surface area contributed by atoms with Crippen LogP contribution in [0.2, 0.25) is 0 Å². The van der Waals surface area contributed by atoms with Crippen molar-refractivity contribution in [3.63, 3.8) is 0 Å². The third kappa shape index (κ3) is 5.18. The Morgan fingerprint density at radius 2 is 1.66 bits per heavy atom. The molecule has 6 nitrogen and oxygen atoms in total. The van der Waals surface area contributed by atoms with Crippen molar-refractivity contribution in [2.24, 2.45) is 5.92 Å². The minimum Gasteiger partial charge on any atom is -0.348 e. The lowest BCUT2D eigenvalue weighted by Gasteiger charge is -2.27. The molecule has 3 rings (SSSR count). The normalized spacial score (nSPS) is 19.2. The van der Waals surface area contributed by atoms with E-state index < -0.39 is 11.6 Å². The van der Waals surface area contributed by atoms with Gasteiger partial charge in [0.15, 0.2) is 0 Å². The Morgan fingerprint density at radius 1 is 1.03 bits per heavy atom. The van der Waals surface area contributed by atoms with E-state index in [9.17, 15) is 14.4 Å². The second kappa shape index (κ2) is 10.4. The first-order valence-electron chi connectivity index (χ1n) is 11.4. The third-order valence-corrected chi connectivity index (χ3v) is 5.89. The van der Waals surface area contributed by atoms with Gasteiger partial charge >= 0.3 is 6.03 Å². The largest absolute Gasteiger partial charge is 0.348 e. The van der Waals surface area contributed by atoms with Crippen LogP contribution in [0.25, 0.3) is 0 Å². The first-order chi connectivity index (χ1) is 15.4. The van der Waals surface area contributed by atoms with Crippen LogP contribution in [0.3, 0.4) is 0 Å². The summed E-state index contributed by atoms with van der Waals surface area (Å²) in [6.45, 7) is 5.94. The summed E-state index contributed by atoms with van der Waals surface area (Å²) in [6, 6.07) is 18.4. The van der Waals surface area contributed by atoms with Gasteiger partial charge in [-0.1, -0.05) is 94.3 Å². The number of amides is 4. The first kappa shape index (κ1) is 23.5. The molecular formula is C26H33N3O3. The van der Waals surface area contributed by atoms with Gasteiger partial charge in [-0.05, 0) is 29.9 Å². The van der Waals surface area contributed by atoms with Gasteiger partial charge in [0.1, 0.15) is 12.1 Å². The number of urea groups is 1. The lowest BCUT2D eigenvalue weighted by molar-refractivity contribution is -0.135. The number of carbonyl (C=O) groups excluding carboxylic acids is 3. The number of nitrogens with zero attached hydrogens (tertiary/aromatic N) is 1. The molecule has 0 aliphatic carbocycles. The minimum atomic E-state index is -1.12. The van der Waals surface area contributed by atoms with Gasteiger partial charge in [0.05, 0.1) is 6.04 Å². The molecule has 6 heteroatoms. The van der Waals surface area contributed by atoms with Crippen LogP contribution in [0.5, 0.6) is 0 Å². The van der Waals surface area contributed by atoms with E-state index in [4.69, 9.17) is 0 Å². The summed E-state index contributed by atoms with van der Waals surface area (Å²) in [5, 5.41) is 5.93. The van der Waals surface area contributed by atoms with Gasteiger partial charge in [0.2, 0.25) is 5.91 Å². The van der Waals surface area contributed by atoms with Crippen molar-refractivity contribution in [1.82, 2.24) is 15.5 Å². The molecule has 1 heterocycles. The van der Waals surface area contributed by atoms with Crippen LogP contribution in [-0.2, 0) is 15.1 Å². The molecule has 1 aliphatic heterocycles. The fourth-order valence-electron chi connectivity index (χ4n) is 4.26. The molecule has 0 radical (unpaired) electrons. The number of carbonyl (C=O) groups is 3. The molecule has 2 aromatic carbocycles. The Bertz CT molecular complexity index is 930. The number of imide groups is 1. The number of hydrogen-bond acceptors (Lipinski definition) is 3. The molecule has 0 bridgehead atoms. The summed E-state index contributed by atoms with van der Waals surface area (Å²) < 4.78 is 0. The highest BCUT2D eigenvalue weighted by molar-refractivity contribution is 6.09. The second-order valence-corrected chi connectivity index (χ2v) is 8.86. The molecule has 170 valence electrons. The highest BCUT2D eigenvalue weighted by atomic mass is 16.2. The first-order valence-corrected chi connectivity index (χ1v) is 11.4. The molecule has 2 unspecified atom stereocenters. The van der Waals surface area contributed by atoms with Gasteiger partial charge in [-0.2, -0.15) is 0 Å². The van der Waals surface area contributed by atoms with E-state index in [1.54, 1.807) is 0 Å². The maximum absolute atomic E-state index is 13.5. The van der Waals surface area contributed by atoms with Crippen molar-refractivity contribution in [2.75, 3.05) is 6.54 Å². The fraction of sp³-hybridized carbons (Fsp3) is 0.423. The van der Waals surface area contributed by atoms with Crippen LogP contribution >= 0.6 is 0 Å². The molecule has 0 saturated carbocycles. The number of nitrogens with one attached hydrogen (secondary N) is 2. The average molecular weight is 436 g/mol. The van der Waals surface area contributed by atoms with Crippen molar-refractivity contribution in [3.05, 3.63) is 71.8 Å². The molecule has 32 heavy (non-hydrogen) atoms. The zero-order valence-electron chi connectivity index (χ0n) is 19.1. The summed E-state index contributed by atoms with van der Waals surface area (Å²) in [6.07, 6.45) is 2.94. The minimum absolute atomic E-state index is 0.177. The predicted octanol–water partition coefficient (Wildman–Crippen LogP) is 4.53. The zero-order valence-corrected chi connectivity index (χ0v) is 19.1. The van der Waals surface area contributed by atoms with E-state index in [0.29, 0.717) is 12.3 Å². The predicted molar refractivity (Wildman–Crippen MR) is 125 cm³/mol. The summed E-state index contributed by atoms with van der Waals surface area (Å²) in [4.78, 5) is 40.3. The maximum Gasteiger partial charge on any atom is 0.325 e. The smallest absolute Gasteiger partial charge is 0.325 e. The topological polar surface area (TPSA) is 78.5 Å². The molecule has 4 amide bonds. The van der Waals surface area contributed by atoms with Gasteiger partial charge in [-0.25, -0.2) is 4.79 Å². The number of hydrogen-bond donors (Lipinski definition) is 2. The van der Waals surface area contributed by atoms with Crippen molar-refractivity contribution in [1.29, 1.82) is 0 Å². The van der Waals surface area contributed by atoms with Gasteiger partial charge in [0.25, 0.3) is 5.91 Å². The standard InChI is InChI=1S/C26H33N3O3/c1-4-5-16-26(21-14-10-7-11-15-21)24(31)29(25(32)28-26)18-23(30)27-22(17-19(2)3)20-12-8-6-9-13-20/h6-15,19,22H,4-5,16-18H2,1-3H3,(H,27,30)(H,28,32). The van der Waals surface area contributed by atoms with Gasteiger partial charge < -0.3 is 10.6 Å². The summed E-state index contributed by atoms with van der Waals surface area (Å²) in [7, 11) is 0. The molecule has 2 atom stereocenters. The Hall–Kier alpha value is -3.15. The highest BCUT2D eigenvalue weighted by Gasteiger charge is 2.52. The highest BCUT2D eigenvalue weighted by Crippen LogP contribution is 2.34. The third-order valence-electron chi connectivity index (χ3n) is 5.89. The zero-order chi connectivity index (χ0) is 23.1. The van der Waals surface area contributed by atoms with Gasteiger partial charge in [-0.3, -0.25) is 14.5 Å². The number of benzene rings is 2. The van der Waals surface area contributed by atoms with Crippen LogP contribution in [-0.4, -0.2) is 29.3 Å².